The molecule has 1 aliphatic rings. The maximum absolute atomic E-state index is 6.24. The monoisotopic (exact) mass is 298 g/mol. The molecule has 3 nitrogen and oxygen atoms in total. The van der Waals surface area contributed by atoms with E-state index < -0.39 is 8.80 Å². The first-order chi connectivity index (χ1) is 9.53. The molecule has 0 aromatic rings. The summed E-state index contributed by atoms with van der Waals surface area (Å²) in [5, 5.41) is -0.160. The average Bonchev–Trinajstić information content (AvgIpc) is 2.43. The second kappa shape index (κ2) is 8.13. The van der Waals surface area contributed by atoms with E-state index in [9.17, 15) is 0 Å². The van der Waals surface area contributed by atoms with Gasteiger partial charge in [-0.1, -0.05) is 44.1 Å². The van der Waals surface area contributed by atoms with E-state index in [-0.39, 0.29) is 5.04 Å². The molecule has 0 heterocycles. The first kappa shape index (κ1) is 17.6. The quantitative estimate of drug-likeness (QED) is 0.464. The molecule has 1 aliphatic carbocycles. The summed E-state index contributed by atoms with van der Waals surface area (Å²) in [6.45, 7) is 12.5. The van der Waals surface area contributed by atoms with Crippen LogP contribution in [0.25, 0.3) is 0 Å². The van der Waals surface area contributed by atoms with Crippen LogP contribution in [0, 0.1) is 0 Å². The van der Waals surface area contributed by atoms with Crippen molar-refractivity contribution < 1.29 is 13.3 Å². The third kappa shape index (κ3) is 4.04. The second-order valence-corrected chi connectivity index (χ2v) is 8.65. The van der Waals surface area contributed by atoms with E-state index in [1.54, 1.807) is 0 Å². The van der Waals surface area contributed by atoms with Crippen LogP contribution in [0.1, 0.15) is 53.9 Å². The van der Waals surface area contributed by atoms with Crippen LogP contribution in [0.5, 0.6) is 0 Å². The fourth-order valence-electron chi connectivity index (χ4n) is 2.40. The van der Waals surface area contributed by atoms with Gasteiger partial charge in [0.2, 0.25) is 0 Å². The SMILES string of the molecule is CCCCO[Si](OCC)(OCC)C1(C)C=CC(C)=CC1. The third-order valence-electron chi connectivity index (χ3n) is 3.72. The summed E-state index contributed by atoms with van der Waals surface area (Å²) in [6, 6.07) is 0. The second-order valence-electron chi connectivity index (χ2n) is 5.53. The summed E-state index contributed by atoms with van der Waals surface area (Å²) in [4.78, 5) is 0. The van der Waals surface area contributed by atoms with Gasteiger partial charge in [0.25, 0.3) is 0 Å². The number of allylic oxidation sites excluding steroid dienone is 4. The molecule has 0 bridgehead atoms. The number of rotatable bonds is 9. The van der Waals surface area contributed by atoms with Gasteiger partial charge in [-0.05, 0) is 33.6 Å². The van der Waals surface area contributed by atoms with Crippen molar-refractivity contribution >= 4 is 8.80 Å². The molecular weight excluding hydrogens is 268 g/mol. The van der Waals surface area contributed by atoms with Crippen molar-refractivity contribution in [1.82, 2.24) is 0 Å². The Balaban J connectivity index is 2.97. The Kier molecular flexibility index (Phi) is 7.16. The lowest BCUT2D eigenvalue weighted by Gasteiger charge is -2.42. The molecule has 116 valence electrons. The molecule has 4 heteroatoms. The number of unbranched alkanes of at least 4 members (excludes halogenated alkanes) is 1. The van der Waals surface area contributed by atoms with Crippen molar-refractivity contribution in [2.24, 2.45) is 0 Å². The maximum atomic E-state index is 6.24. The fraction of sp³-hybridized carbons (Fsp3) is 0.750. The molecule has 0 saturated heterocycles. The third-order valence-corrected chi connectivity index (χ3v) is 7.41. The van der Waals surface area contributed by atoms with E-state index >= 15 is 0 Å². The van der Waals surface area contributed by atoms with Gasteiger partial charge in [-0.3, -0.25) is 0 Å². The topological polar surface area (TPSA) is 27.7 Å². The zero-order valence-corrected chi connectivity index (χ0v) is 14.7. The highest BCUT2D eigenvalue weighted by Crippen LogP contribution is 2.47. The molecule has 0 N–H and O–H groups in total. The van der Waals surface area contributed by atoms with Gasteiger partial charge in [-0.15, -0.1) is 0 Å². The van der Waals surface area contributed by atoms with Crippen LogP contribution in [0.3, 0.4) is 0 Å². The molecule has 1 unspecified atom stereocenters. The molecule has 0 saturated carbocycles. The highest BCUT2D eigenvalue weighted by atomic mass is 28.4. The molecule has 0 radical (unpaired) electrons. The van der Waals surface area contributed by atoms with Gasteiger partial charge in [-0.2, -0.15) is 0 Å². The predicted octanol–water partition coefficient (Wildman–Crippen LogP) is 4.48. The van der Waals surface area contributed by atoms with Gasteiger partial charge in [0.1, 0.15) is 0 Å². The summed E-state index contributed by atoms with van der Waals surface area (Å²) < 4.78 is 18.5. The van der Waals surface area contributed by atoms with Crippen molar-refractivity contribution in [3.63, 3.8) is 0 Å². The lowest BCUT2D eigenvalue weighted by Crippen LogP contribution is -2.55. The summed E-state index contributed by atoms with van der Waals surface area (Å²) in [5.41, 5.74) is 1.30. The number of hydrogen-bond acceptors (Lipinski definition) is 3. The van der Waals surface area contributed by atoms with Gasteiger partial charge >= 0.3 is 8.80 Å². The van der Waals surface area contributed by atoms with Crippen LogP contribution in [-0.4, -0.2) is 28.6 Å². The average molecular weight is 298 g/mol. The summed E-state index contributed by atoms with van der Waals surface area (Å²) >= 11 is 0. The Morgan fingerprint density at radius 1 is 1.15 bits per heavy atom. The lowest BCUT2D eigenvalue weighted by molar-refractivity contribution is 0.0478. The Morgan fingerprint density at radius 3 is 2.25 bits per heavy atom. The largest absolute Gasteiger partial charge is 0.511 e. The van der Waals surface area contributed by atoms with Crippen LogP contribution >= 0.6 is 0 Å². The molecule has 0 fully saturated rings. The van der Waals surface area contributed by atoms with Gasteiger partial charge in [0.05, 0.1) is 5.04 Å². The van der Waals surface area contributed by atoms with E-state index in [1.165, 1.54) is 5.57 Å². The van der Waals surface area contributed by atoms with Crippen LogP contribution in [-0.2, 0) is 13.3 Å². The van der Waals surface area contributed by atoms with E-state index in [2.05, 4.69) is 39.0 Å². The van der Waals surface area contributed by atoms with Gasteiger partial charge in [0.15, 0.2) is 0 Å². The Labute approximate surface area is 125 Å². The minimum Gasteiger partial charge on any atom is -0.373 e. The Morgan fingerprint density at radius 2 is 1.80 bits per heavy atom. The minimum absolute atomic E-state index is 0.160. The van der Waals surface area contributed by atoms with E-state index in [1.807, 2.05) is 13.8 Å². The van der Waals surface area contributed by atoms with Crippen LogP contribution in [0.4, 0.5) is 0 Å². The standard InChI is InChI=1S/C16H30O3Si/c1-6-9-14-19-20(17-7-2,18-8-3)16(5)12-10-15(4)11-13-16/h10-12H,6-9,13-14H2,1-5H3. The van der Waals surface area contributed by atoms with Gasteiger partial charge < -0.3 is 13.3 Å². The molecule has 0 aromatic heterocycles. The Hall–Kier alpha value is -0.423. The van der Waals surface area contributed by atoms with E-state index in [0.29, 0.717) is 13.2 Å². The van der Waals surface area contributed by atoms with Crippen molar-refractivity contribution in [1.29, 1.82) is 0 Å². The van der Waals surface area contributed by atoms with Crippen LogP contribution in [0.2, 0.25) is 5.04 Å². The number of hydrogen-bond donors (Lipinski definition) is 0. The smallest absolute Gasteiger partial charge is 0.373 e. The van der Waals surface area contributed by atoms with E-state index in [4.69, 9.17) is 13.3 Å². The zero-order valence-electron chi connectivity index (χ0n) is 13.7. The normalized spacial score (nSPS) is 22.9. The highest BCUT2D eigenvalue weighted by Gasteiger charge is 2.56. The van der Waals surface area contributed by atoms with Crippen molar-refractivity contribution in [3.8, 4) is 0 Å². The molecular formula is C16H30O3Si. The van der Waals surface area contributed by atoms with E-state index in [0.717, 1.165) is 25.9 Å². The highest BCUT2D eigenvalue weighted by molar-refractivity contribution is 6.65. The molecule has 0 spiro atoms. The Bertz CT molecular complexity index is 346. The van der Waals surface area contributed by atoms with Crippen LogP contribution < -0.4 is 0 Å². The fourth-order valence-corrected chi connectivity index (χ4v) is 5.45. The summed E-state index contributed by atoms with van der Waals surface area (Å²) in [6.07, 6.45) is 9.73. The first-order valence-electron chi connectivity index (χ1n) is 7.81. The van der Waals surface area contributed by atoms with Crippen molar-refractivity contribution in [3.05, 3.63) is 23.8 Å². The first-order valence-corrected chi connectivity index (χ1v) is 9.54. The van der Waals surface area contributed by atoms with Gasteiger partial charge in [-0.25, -0.2) is 0 Å². The zero-order chi connectivity index (χ0) is 15.1. The maximum Gasteiger partial charge on any atom is 0.511 e. The van der Waals surface area contributed by atoms with Crippen molar-refractivity contribution in [2.75, 3.05) is 19.8 Å². The van der Waals surface area contributed by atoms with Crippen molar-refractivity contribution in [2.45, 2.75) is 58.9 Å². The van der Waals surface area contributed by atoms with Gasteiger partial charge in [0, 0.05) is 19.8 Å². The summed E-state index contributed by atoms with van der Waals surface area (Å²) in [5.74, 6) is 0. The lowest BCUT2D eigenvalue weighted by atomic mass is 9.98. The molecule has 1 rings (SSSR count). The molecule has 0 amide bonds. The molecule has 20 heavy (non-hydrogen) atoms. The molecule has 0 aromatic carbocycles. The molecule has 1 atom stereocenters. The summed E-state index contributed by atoms with van der Waals surface area (Å²) in [7, 11) is -2.72. The van der Waals surface area contributed by atoms with Crippen LogP contribution in [0.15, 0.2) is 23.8 Å². The minimum atomic E-state index is -2.72. The molecule has 0 aliphatic heterocycles. The predicted molar refractivity (Wildman–Crippen MR) is 85.7 cm³/mol.